The van der Waals surface area contributed by atoms with Crippen LogP contribution in [0.4, 0.5) is 5.82 Å². The molecule has 0 radical (unpaired) electrons. The topological polar surface area (TPSA) is 75.1 Å². The van der Waals surface area contributed by atoms with Crippen molar-refractivity contribution in [2.75, 3.05) is 11.9 Å². The van der Waals surface area contributed by atoms with Crippen molar-refractivity contribution in [3.05, 3.63) is 30.6 Å². The fraction of sp³-hybridized carbons (Fsp3) is 0.308. The number of carbonyl (C=O) groups is 1. The van der Waals surface area contributed by atoms with Gasteiger partial charge in [0.25, 0.3) is 0 Å². The minimum atomic E-state index is -0.789. The van der Waals surface area contributed by atoms with Crippen molar-refractivity contribution < 1.29 is 9.90 Å². The largest absolute Gasteiger partial charge is 0.481 e. The predicted octanol–water partition coefficient (Wildman–Crippen LogP) is 2.15. The van der Waals surface area contributed by atoms with E-state index in [1.165, 1.54) is 6.33 Å². The summed E-state index contributed by atoms with van der Waals surface area (Å²) in [5.41, 5.74) is 0.846. The highest BCUT2D eigenvalue weighted by Crippen LogP contribution is 2.18. The molecule has 0 saturated heterocycles. The normalized spacial score (nSPS) is 12.3. The van der Waals surface area contributed by atoms with Crippen molar-refractivity contribution in [3.63, 3.8) is 0 Å². The number of aliphatic carboxylic acids is 1. The van der Waals surface area contributed by atoms with E-state index in [0.717, 1.165) is 10.9 Å². The van der Waals surface area contributed by atoms with E-state index in [-0.39, 0.29) is 0 Å². The van der Waals surface area contributed by atoms with Gasteiger partial charge in [-0.1, -0.05) is 19.1 Å². The van der Waals surface area contributed by atoms with Crippen LogP contribution in [0.5, 0.6) is 0 Å². The van der Waals surface area contributed by atoms with Crippen LogP contribution in [0.3, 0.4) is 0 Å². The number of aromatic nitrogens is 2. The SMILES string of the molecule is CCC(CNc1ncnc2ccccc12)C(=O)O. The van der Waals surface area contributed by atoms with Gasteiger partial charge in [0, 0.05) is 11.9 Å². The van der Waals surface area contributed by atoms with Crippen molar-refractivity contribution in [1.29, 1.82) is 0 Å². The monoisotopic (exact) mass is 245 g/mol. The van der Waals surface area contributed by atoms with Crippen LogP contribution in [0.1, 0.15) is 13.3 Å². The molecule has 0 aliphatic rings. The Labute approximate surface area is 105 Å². The Bertz CT molecular complexity index is 551. The van der Waals surface area contributed by atoms with Gasteiger partial charge in [0.2, 0.25) is 0 Å². The Morgan fingerprint density at radius 1 is 1.39 bits per heavy atom. The first-order valence-electron chi connectivity index (χ1n) is 5.88. The summed E-state index contributed by atoms with van der Waals surface area (Å²) in [5, 5.41) is 13.0. The number of fused-ring (bicyclic) bond motifs is 1. The average Bonchev–Trinajstić information content (AvgIpc) is 2.39. The summed E-state index contributed by atoms with van der Waals surface area (Å²) in [5.74, 6) is -0.512. The molecule has 2 N–H and O–H groups in total. The molecule has 2 rings (SSSR count). The van der Waals surface area contributed by atoms with Crippen molar-refractivity contribution >= 4 is 22.7 Å². The van der Waals surface area contributed by atoms with Crippen molar-refractivity contribution in [2.45, 2.75) is 13.3 Å². The zero-order chi connectivity index (χ0) is 13.0. The molecule has 5 nitrogen and oxygen atoms in total. The van der Waals surface area contributed by atoms with Crippen LogP contribution in [0, 0.1) is 5.92 Å². The summed E-state index contributed by atoms with van der Waals surface area (Å²) >= 11 is 0. The summed E-state index contributed by atoms with van der Waals surface area (Å²) in [6, 6.07) is 7.63. The van der Waals surface area contributed by atoms with Crippen LogP contribution in [-0.2, 0) is 4.79 Å². The first-order valence-corrected chi connectivity index (χ1v) is 5.88. The number of benzene rings is 1. The lowest BCUT2D eigenvalue weighted by Gasteiger charge is -2.12. The van der Waals surface area contributed by atoms with Crippen LogP contribution in [-0.4, -0.2) is 27.6 Å². The molecule has 1 aromatic heterocycles. The maximum atomic E-state index is 10.9. The summed E-state index contributed by atoms with van der Waals surface area (Å²) in [6.07, 6.45) is 2.07. The molecule has 1 atom stereocenters. The van der Waals surface area contributed by atoms with Gasteiger partial charge in [-0.3, -0.25) is 4.79 Å². The number of nitrogens with one attached hydrogen (secondary N) is 1. The van der Waals surface area contributed by atoms with Crippen LogP contribution >= 0.6 is 0 Å². The third-order valence-electron chi connectivity index (χ3n) is 2.90. The van der Waals surface area contributed by atoms with Gasteiger partial charge in [0.15, 0.2) is 0 Å². The number of carboxylic acid groups (broad SMARTS) is 1. The zero-order valence-corrected chi connectivity index (χ0v) is 10.1. The molecule has 0 aliphatic heterocycles. The van der Waals surface area contributed by atoms with E-state index in [9.17, 15) is 4.79 Å². The van der Waals surface area contributed by atoms with E-state index in [1.54, 1.807) is 0 Å². The molecule has 2 aromatic rings. The molecule has 1 heterocycles. The van der Waals surface area contributed by atoms with Crippen LogP contribution in [0.15, 0.2) is 30.6 Å². The first-order chi connectivity index (χ1) is 8.72. The highest BCUT2D eigenvalue weighted by molar-refractivity contribution is 5.88. The second-order valence-corrected chi connectivity index (χ2v) is 4.06. The Hall–Kier alpha value is -2.17. The number of anilines is 1. The summed E-state index contributed by atoms with van der Waals surface area (Å²) < 4.78 is 0. The quantitative estimate of drug-likeness (QED) is 0.844. The average molecular weight is 245 g/mol. The van der Waals surface area contributed by atoms with Crippen LogP contribution in [0.2, 0.25) is 0 Å². The lowest BCUT2D eigenvalue weighted by Crippen LogP contribution is -2.22. The fourth-order valence-corrected chi connectivity index (χ4v) is 1.77. The molecule has 1 unspecified atom stereocenters. The smallest absolute Gasteiger partial charge is 0.308 e. The Morgan fingerprint density at radius 2 is 2.17 bits per heavy atom. The maximum absolute atomic E-state index is 10.9. The molecule has 94 valence electrons. The van der Waals surface area contributed by atoms with E-state index in [1.807, 2.05) is 31.2 Å². The third kappa shape index (κ3) is 2.56. The second kappa shape index (κ2) is 5.44. The van der Waals surface area contributed by atoms with E-state index >= 15 is 0 Å². The standard InChI is InChI=1S/C13H15N3O2/c1-2-9(13(17)18)7-14-12-10-5-3-4-6-11(10)15-8-16-12/h3-6,8-9H,2,7H2,1H3,(H,17,18)(H,14,15,16). The number of hydrogen-bond acceptors (Lipinski definition) is 4. The van der Waals surface area contributed by atoms with E-state index in [4.69, 9.17) is 5.11 Å². The first kappa shape index (κ1) is 12.3. The summed E-state index contributed by atoms with van der Waals surface area (Å²) in [4.78, 5) is 19.3. The Morgan fingerprint density at radius 3 is 2.89 bits per heavy atom. The van der Waals surface area contributed by atoms with E-state index in [0.29, 0.717) is 18.8 Å². The zero-order valence-electron chi connectivity index (χ0n) is 10.1. The lowest BCUT2D eigenvalue weighted by atomic mass is 10.1. The molecule has 0 aliphatic carbocycles. The van der Waals surface area contributed by atoms with Crippen LogP contribution < -0.4 is 5.32 Å². The molecule has 0 bridgehead atoms. The third-order valence-corrected chi connectivity index (χ3v) is 2.90. The molecule has 0 fully saturated rings. The van der Waals surface area contributed by atoms with Gasteiger partial charge >= 0.3 is 5.97 Å². The second-order valence-electron chi connectivity index (χ2n) is 4.06. The number of rotatable bonds is 5. The minimum absolute atomic E-state index is 0.368. The molecule has 5 heteroatoms. The highest BCUT2D eigenvalue weighted by Gasteiger charge is 2.15. The Balaban J connectivity index is 2.19. The number of hydrogen-bond donors (Lipinski definition) is 2. The van der Waals surface area contributed by atoms with Crippen molar-refractivity contribution in [2.24, 2.45) is 5.92 Å². The summed E-state index contributed by atoms with van der Waals surface area (Å²) in [7, 11) is 0. The fourth-order valence-electron chi connectivity index (χ4n) is 1.77. The van der Waals surface area contributed by atoms with Gasteiger partial charge in [-0.05, 0) is 18.6 Å². The number of carboxylic acids is 1. The van der Waals surface area contributed by atoms with Gasteiger partial charge in [0.05, 0.1) is 11.4 Å². The van der Waals surface area contributed by atoms with Gasteiger partial charge in [0.1, 0.15) is 12.1 Å². The molecule has 0 spiro atoms. The molecule has 18 heavy (non-hydrogen) atoms. The van der Waals surface area contributed by atoms with E-state index < -0.39 is 11.9 Å². The highest BCUT2D eigenvalue weighted by atomic mass is 16.4. The summed E-state index contributed by atoms with van der Waals surface area (Å²) in [6.45, 7) is 2.23. The van der Waals surface area contributed by atoms with Crippen molar-refractivity contribution in [3.8, 4) is 0 Å². The molecule has 0 saturated carbocycles. The molecule has 0 amide bonds. The maximum Gasteiger partial charge on any atom is 0.308 e. The molecular weight excluding hydrogens is 230 g/mol. The lowest BCUT2D eigenvalue weighted by molar-refractivity contribution is -0.141. The van der Waals surface area contributed by atoms with E-state index in [2.05, 4.69) is 15.3 Å². The van der Waals surface area contributed by atoms with Crippen LogP contribution in [0.25, 0.3) is 10.9 Å². The van der Waals surface area contributed by atoms with Gasteiger partial charge in [-0.25, -0.2) is 9.97 Å². The molecule has 1 aromatic carbocycles. The van der Waals surface area contributed by atoms with Gasteiger partial charge < -0.3 is 10.4 Å². The predicted molar refractivity (Wildman–Crippen MR) is 69.4 cm³/mol. The number of para-hydroxylation sites is 1. The van der Waals surface area contributed by atoms with Gasteiger partial charge in [-0.15, -0.1) is 0 Å². The Kier molecular flexibility index (Phi) is 3.72. The molecular formula is C13H15N3O2. The van der Waals surface area contributed by atoms with Gasteiger partial charge in [-0.2, -0.15) is 0 Å². The number of nitrogens with zero attached hydrogens (tertiary/aromatic N) is 2. The minimum Gasteiger partial charge on any atom is -0.481 e. The van der Waals surface area contributed by atoms with Crippen molar-refractivity contribution in [1.82, 2.24) is 9.97 Å².